The second-order valence-corrected chi connectivity index (χ2v) is 1.95. The summed E-state index contributed by atoms with van der Waals surface area (Å²) in [5, 5.41) is 1.87. The summed E-state index contributed by atoms with van der Waals surface area (Å²) >= 11 is 0. The molecule has 2 N–H and O–H groups in total. The van der Waals surface area contributed by atoms with E-state index in [4.69, 9.17) is 5.73 Å². The van der Waals surface area contributed by atoms with Crippen molar-refractivity contribution in [2.45, 2.75) is 25.8 Å². The zero-order valence-corrected chi connectivity index (χ0v) is 6.15. The molecule has 0 saturated heterocycles. The van der Waals surface area contributed by atoms with E-state index in [-0.39, 0.29) is 0 Å². The second kappa shape index (κ2) is 5.60. The van der Waals surface area contributed by atoms with Crippen LogP contribution in [0.15, 0.2) is 5.34 Å². The molecule has 0 radical (unpaired) electrons. The Bertz CT molecular complexity index is 138. The zero-order chi connectivity index (χ0) is 8.69. The summed E-state index contributed by atoms with van der Waals surface area (Å²) in [6.45, 7) is 1.87. The van der Waals surface area contributed by atoms with Crippen LogP contribution >= 0.6 is 0 Å². The molecule has 6 nitrogen and oxygen atoms in total. The molecule has 1 unspecified atom stereocenters. The number of nitrogens with zero attached hydrogens (tertiary/aromatic N) is 1. The van der Waals surface area contributed by atoms with Crippen molar-refractivity contribution in [2.24, 2.45) is 11.1 Å². The van der Waals surface area contributed by atoms with E-state index in [2.05, 4.69) is 9.88 Å². The first kappa shape index (κ1) is 9.83. The maximum Gasteiger partial charge on any atom is 0.374 e. The number of carbonyl (C=O) groups excluding carboxylic acids is 1. The van der Waals surface area contributed by atoms with E-state index >= 15 is 0 Å². The summed E-state index contributed by atoms with van der Waals surface area (Å²) in [4.78, 5) is 27.3. The van der Waals surface area contributed by atoms with Crippen molar-refractivity contribution in [3.8, 4) is 0 Å². The molecule has 11 heavy (non-hydrogen) atoms. The van der Waals surface area contributed by atoms with Crippen molar-refractivity contribution in [3.63, 3.8) is 0 Å². The number of hydrogen-bond donors (Lipinski definition) is 1. The fourth-order valence-electron chi connectivity index (χ4n) is 0.543. The molecule has 0 aliphatic heterocycles. The molecule has 0 aliphatic rings. The van der Waals surface area contributed by atoms with Gasteiger partial charge in [-0.25, -0.2) is 9.68 Å². The van der Waals surface area contributed by atoms with Crippen LogP contribution in [0.2, 0.25) is 0 Å². The molecule has 64 valence electrons. The molecule has 1 atom stereocenters. The fraction of sp³-hybridized carbons (Fsp3) is 0.800. The predicted molar refractivity (Wildman–Crippen MR) is 35.9 cm³/mol. The van der Waals surface area contributed by atoms with E-state index in [1.165, 1.54) is 0 Å². The average molecular weight is 162 g/mol. The molecule has 0 amide bonds. The monoisotopic (exact) mass is 162 g/mol. The van der Waals surface area contributed by atoms with Crippen molar-refractivity contribution < 1.29 is 14.7 Å². The van der Waals surface area contributed by atoms with Gasteiger partial charge in [-0.05, 0) is 6.42 Å². The summed E-state index contributed by atoms with van der Waals surface area (Å²) in [5.74, 6) is -0.786. The van der Waals surface area contributed by atoms with Crippen LogP contribution in [0.25, 0.3) is 0 Å². The molecule has 0 aliphatic carbocycles. The van der Waals surface area contributed by atoms with E-state index in [1.54, 1.807) is 0 Å². The van der Waals surface area contributed by atoms with Crippen LogP contribution in [-0.4, -0.2) is 12.0 Å². The van der Waals surface area contributed by atoms with E-state index < -0.39 is 12.0 Å². The predicted octanol–water partition coefficient (Wildman–Crippen LogP) is 0.270. The maximum atomic E-state index is 10.6. The Balaban J connectivity index is 3.54. The van der Waals surface area contributed by atoms with Gasteiger partial charge in [-0.2, -0.15) is 0 Å². The van der Waals surface area contributed by atoms with Crippen molar-refractivity contribution in [2.75, 3.05) is 0 Å². The normalized spacial score (nSPS) is 11.8. The number of carbonyl (C=O) groups is 1. The van der Waals surface area contributed by atoms with Gasteiger partial charge in [0.05, 0.1) is 0 Å². The van der Waals surface area contributed by atoms with Gasteiger partial charge in [-0.3, -0.25) is 0 Å². The van der Waals surface area contributed by atoms with Crippen LogP contribution in [0.1, 0.15) is 19.8 Å². The largest absolute Gasteiger partial charge is 0.374 e. The van der Waals surface area contributed by atoms with Gasteiger partial charge in [0.1, 0.15) is 6.04 Å². The van der Waals surface area contributed by atoms with Crippen LogP contribution in [0, 0.1) is 4.91 Å². The van der Waals surface area contributed by atoms with Gasteiger partial charge >= 0.3 is 5.97 Å². The van der Waals surface area contributed by atoms with Crippen molar-refractivity contribution >= 4 is 5.97 Å². The highest BCUT2D eigenvalue weighted by atomic mass is 17.3. The molecule has 0 aromatic rings. The first-order valence-electron chi connectivity index (χ1n) is 3.18. The molecular weight excluding hydrogens is 152 g/mol. The molecule has 0 heterocycles. The molecule has 0 fully saturated rings. The Morgan fingerprint density at radius 2 is 2.36 bits per heavy atom. The third-order valence-corrected chi connectivity index (χ3v) is 1.05. The highest BCUT2D eigenvalue weighted by molar-refractivity contribution is 5.74. The van der Waals surface area contributed by atoms with Crippen molar-refractivity contribution in [1.82, 2.24) is 0 Å². The summed E-state index contributed by atoms with van der Waals surface area (Å²) < 4.78 is 0. The number of nitrogens with two attached hydrogens (primary N) is 1. The summed E-state index contributed by atoms with van der Waals surface area (Å²) in [6.07, 6.45) is 1.24. The van der Waals surface area contributed by atoms with Crippen LogP contribution in [0.3, 0.4) is 0 Å². The Morgan fingerprint density at radius 1 is 1.73 bits per heavy atom. The lowest BCUT2D eigenvalue weighted by molar-refractivity contribution is -0.275. The number of rotatable bonds is 5. The van der Waals surface area contributed by atoms with Gasteiger partial charge in [0.2, 0.25) is 5.34 Å². The molecule has 0 aromatic heterocycles. The highest BCUT2D eigenvalue weighted by Crippen LogP contribution is 1.96. The lowest BCUT2D eigenvalue weighted by Crippen LogP contribution is -2.31. The third kappa shape index (κ3) is 4.26. The highest BCUT2D eigenvalue weighted by Gasteiger charge is 2.15. The van der Waals surface area contributed by atoms with Crippen molar-refractivity contribution in [1.29, 1.82) is 0 Å². The molecule has 0 aromatic carbocycles. The first-order chi connectivity index (χ1) is 5.22. The second-order valence-electron chi connectivity index (χ2n) is 1.95. The van der Waals surface area contributed by atoms with Crippen LogP contribution in [-0.2, 0) is 14.7 Å². The quantitative estimate of drug-likeness (QED) is 0.356. The smallest absolute Gasteiger partial charge is 0.318 e. The van der Waals surface area contributed by atoms with Crippen LogP contribution in [0.4, 0.5) is 0 Å². The third-order valence-electron chi connectivity index (χ3n) is 1.05. The van der Waals surface area contributed by atoms with Crippen LogP contribution < -0.4 is 5.73 Å². The van der Waals surface area contributed by atoms with Crippen molar-refractivity contribution in [3.05, 3.63) is 4.91 Å². The Labute approximate surface area is 63.5 Å². The standard InChI is InChI=1S/C5H10N2O4/c1-2-3-4(6)5(8)10-11-7-9/h4H,2-3,6H2,1H3. The molecule has 6 heteroatoms. The van der Waals surface area contributed by atoms with Gasteiger partial charge in [0, 0.05) is 0 Å². The molecule has 0 saturated carbocycles. The molecule has 0 spiro atoms. The van der Waals surface area contributed by atoms with Gasteiger partial charge < -0.3 is 5.73 Å². The lowest BCUT2D eigenvalue weighted by Gasteiger charge is -2.04. The fourth-order valence-corrected chi connectivity index (χ4v) is 0.543. The van der Waals surface area contributed by atoms with Gasteiger partial charge in [0.15, 0.2) is 0 Å². The Morgan fingerprint density at radius 3 is 2.82 bits per heavy atom. The lowest BCUT2D eigenvalue weighted by atomic mass is 10.2. The Kier molecular flexibility index (Phi) is 5.01. The van der Waals surface area contributed by atoms with Gasteiger partial charge in [-0.15, -0.1) is 9.90 Å². The Hall–Kier alpha value is -1.17. The minimum absolute atomic E-state index is 0.487. The first-order valence-corrected chi connectivity index (χ1v) is 3.18. The summed E-state index contributed by atoms with van der Waals surface area (Å²) in [6, 6.07) is -0.748. The molecular formula is C5H10N2O4. The SMILES string of the molecule is CCCC(N)C(=O)OON=O. The van der Waals surface area contributed by atoms with Crippen LogP contribution in [0.5, 0.6) is 0 Å². The minimum atomic E-state index is -0.786. The van der Waals surface area contributed by atoms with E-state index in [9.17, 15) is 9.70 Å². The van der Waals surface area contributed by atoms with Gasteiger partial charge in [-0.1, -0.05) is 13.3 Å². The summed E-state index contributed by atoms with van der Waals surface area (Å²) in [5.41, 5.74) is 5.27. The molecule has 0 rings (SSSR count). The number of hydrogen-bond acceptors (Lipinski definition) is 6. The van der Waals surface area contributed by atoms with E-state index in [1.807, 2.05) is 12.3 Å². The average Bonchev–Trinajstić information content (AvgIpc) is 2.00. The molecule has 0 bridgehead atoms. The van der Waals surface area contributed by atoms with Gasteiger partial charge in [0.25, 0.3) is 0 Å². The topological polar surface area (TPSA) is 91.0 Å². The summed E-state index contributed by atoms with van der Waals surface area (Å²) in [7, 11) is 0. The maximum absolute atomic E-state index is 10.6. The zero-order valence-electron chi connectivity index (χ0n) is 6.15. The minimum Gasteiger partial charge on any atom is -0.318 e. The van der Waals surface area contributed by atoms with E-state index in [0.717, 1.165) is 6.42 Å². The van der Waals surface area contributed by atoms with E-state index in [0.29, 0.717) is 6.42 Å².